The predicted molar refractivity (Wildman–Crippen MR) is 149 cm³/mol. The predicted octanol–water partition coefficient (Wildman–Crippen LogP) is 4.28. The summed E-state index contributed by atoms with van der Waals surface area (Å²) in [5, 5.41) is 11.4. The Bertz CT molecular complexity index is 1860. The zero-order valence-electron chi connectivity index (χ0n) is 22.2. The van der Waals surface area contributed by atoms with Crippen LogP contribution in [0, 0.1) is 17.0 Å². The van der Waals surface area contributed by atoms with Gasteiger partial charge in [0.1, 0.15) is 17.3 Å². The van der Waals surface area contributed by atoms with Gasteiger partial charge in [-0.2, -0.15) is 0 Å². The van der Waals surface area contributed by atoms with E-state index in [-0.39, 0.29) is 23.4 Å². The monoisotopic (exact) mass is 559 g/mol. The molecule has 1 atom stereocenters. The van der Waals surface area contributed by atoms with Crippen molar-refractivity contribution >= 4 is 29.1 Å². The largest absolute Gasteiger partial charge is 0.497 e. The molecule has 0 amide bonds. The van der Waals surface area contributed by atoms with Crippen molar-refractivity contribution in [3.63, 3.8) is 0 Å². The molecule has 1 aliphatic rings. The number of furan rings is 1. The highest BCUT2D eigenvalue weighted by Gasteiger charge is 2.33. The van der Waals surface area contributed by atoms with Crippen molar-refractivity contribution in [2.75, 3.05) is 13.7 Å². The number of nitrogens with zero attached hydrogens (tertiary/aromatic N) is 3. The van der Waals surface area contributed by atoms with Crippen LogP contribution in [0.4, 0.5) is 5.69 Å². The zero-order valence-corrected chi connectivity index (χ0v) is 23.0. The van der Waals surface area contributed by atoms with Crippen LogP contribution in [0.3, 0.4) is 0 Å². The van der Waals surface area contributed by atoms with Crippen LogP contribution in [0.25, 0.3) is 17.4 Å². The molecule has 0 N–H and O–H groups in total. The molecule has 0 saturated carbocycles. The van der Waals surface area contributed by atoms with E-state index in [0.29, 0.717) is 49.0 Å². The van der Waals surface area contributed by atoms with Gasteiger partial charge in [0.25, 0.3) is 11.2 Å². The van der Waals surface area contributed by atoms with Gasteiger partial charge < -0.3 is 13.9 Å². The maximum absolute atomic E-state index is 13.8. The van der Waals surface area contributed by atoms with Gasteiger partial charge in [0, 0.05) is 23.3 Å². The molecule has 2 aromatic heterocycles. The van der Waals surface area contributed by atoms with E-state index >= 15 is 0 Å². The lowest BCUT2D eigenvalue weighted by Crippen LogP contribution is -2.39. The van der Waals surface area contributed by atoms with E-state index in [0.717, 1.165) is 0 Å². The molecule has 204 valence electrons. The number of allylic oxidation sites excluding steroid dienone is 1. The maximum atomic E-state index is 13.8. The van der Waals surface area contributed by atoms with Crippen LogP contribution in [0.1, 0.15) is 36.8 Å². The molecular formula is C29H25N3O7S. The van der Waals surface area contributed by atoms with Gasteiger partial charge in [-0.05, 0) is 50.6 Å². The first-order valence-electron chi connectivity index (χ1n) is 12.4. The fourth-order valence-corrected chi connectivity index (χ4v) is 5.62. The number of aryl methyl sites for hydroxylation is 1. The number of fused-ring (bicyclic) bond motifs is 1. The van der Waals surface area contributed by atoms with E-state index in [1.54, 1.807) is 76.4 Å². The molecule has 1 unspecified atom stereocenters. The summed E-state index contributed by atoms with van der Waals surface area (Å²) in [6.45, 7) is 5.28. The van der Waals surface area contributed by atoms with E-state index in [1.807, 2.05) is 6.07 Å². The highest BCUT2D eigenvalue weighted by Crippen LogP contribution is 2.32. The number of rotatable bonds is 7. The molecule has 2 aromatic carbocycles. The van der Waals surface area contributed by atoms with Crippen molar-refractivity contribution < 1.29 is 23.6 Å². The highest BCUT2D eigenvalue weighted by molar-refractivity contribution is 7.07. The minimum Gasteiger partial charge on any atom is -0.497 e. The fourth-order valence-electron chi connectivity index (χ4n) is 4.59. The third-order valence-corrected chi connectivity index (χ3v) is 7.50. The molecule has 0 bridgehead atoms. The number of methoxy groups -OCH3 is 1. The molecule has 0 fully saturated rings. The molecule has 4 aromatic rings. The minimum atomic E-state index is -0.771. The number of hydrogen-bond acceptors (Lipinski definition) is 9. The number of nitro benzene ring substituents is 1. The molecular weight excluding hydrogens is 534 g/mol. The van der Waals surface area contributed by atoms with Crippen molar-refractivity contribution in [3.8, 4) is 17.1 Å². The Morgan fingerprint density at radius 1 is 1.20 bits per heavy atom. The summed E-state index contributed by atoms with van der Waals surface area (Å²) in [5.74, 6) is 0.852. The number of benzene rings is 2. The number of carbonyl (C=O) groups excluding carboxylic acids is 1. The number of esters is 1. The highest BCUT2D eigenvalue weighted by atomic mass is 32.1. The summed E-state index contributed by atoms with van der Waals surface area (Å²) in [7, 11) is 1.55. The molecule has 40 heavy (non-hydrogen) atoms. The molecule has 1 aliphatic heterocycles. The van der Waals surface area contributed by atoms with Gasteiger partial charge in [0.2, 0.25) is 0 Å². The van der Waals surface area contributed by atoms with Gasteiger partial charge in [-0.25, -0.2) is 9.79 Å². The third kappa shape index (κ3) is 4.87. The smallest absolute Gasteiger partial charge is 0.338 e. The first kappa shape index (κ1) is 26.8. The number of carbonyl (C=O) groups is 1. The molecule has 0 spiro atoms. The lowest BCUT2D eigenvalue weighted by atomic mass is 9.95. The van der Waals surface area contributed by atoms with Crippen molar-refractivity contribution in [2.24, 2.45) is 4.99 Å². The fraction of sp³-hybridized carbons (Fsp3) is 0.207. The second-order valence-electron chi connectivity index (χ2n) is 9.04. The van der Waals surface area contributed by atoms with Crippen LogP contribution in [-0.4, -0.2) is 29.2 Å². The lowest BCUT2D eigenvalue weighted by Gasteiger charge is -2.24. The summed E-state index contributed by atoms with van der Waals surface area (Å²) in [6.07, 6.45) is 1.60. The molecule has 5 rings (SSSR count). The average molecular weight is 560 g/mol. The summed E-state index contributed by atoms with van der Waals surface area (Å²) in [5.41, 5.74) is 2.14. The number of hydrogen-bond donors (Lipinski definition) is 0. The molecule has 3 heterocycles. The number of thiazole rings is 1. The van der Waals surface area contributed by atoms with Gasteiger partial charge in [0.15, 0.2) is 4.80 Å². The topological polar surface area (TPSA) is 126 Å². The molecule has 10 nitrogen and oxygen atoms in total. The maximum Gasteiger partial charge on any atom is 0.338 e. The van der Waals surface area contributed by atoms with Crippen LogP contribution >= 0.6 is 11.3 Å². The van der Waals surface area contributed by atoms with Crippen LogP contribution in [0.15, 0.2) is 80.1 Å². The van der Waals surface area contributed by atoms with Crippen molar-refractivity contribution in [1.29, 1.82) is 0 Å². The first-order chi connectivity index (χ1) is 19.2. The Balaban J connectivity index is 1.62. The molecule has 0 aliphatic carbocycles. The SMILES string of the molecule is CCOC(=O)C1=C(C)N=c2s/c(=C\c3ccc(-c4ccc(C)c([N+](=O)[O-])c4)o3)c(=O)n2C1c1cccc(OC)c1. The summed E-state index contributed by atoms with van der Waals surface area (Å²) in [4.78, 5) is 42.7. The van der Waals surface area contributed by atoms with Gasteiger partial charge in [-0.1, -0.05) is 35.6 Å². The van der Waals surface area contributed by atoms with Gasteiger partial charge in [-0.15, -0.1) is 0 Å². The first-order valence-corrected chi connectivity index (χ1v) is 13.2. The lowest BCUT2D eigenvalue weighted by molar-refractivity contribution is -0.385. The quantitative estimate of drug-likeness (QED) is 0.188. The number of ether oxygens (including phenoxy) is 2. The Morgan fingerprint density at radius 3 is 2.73 bits per heavy atom. The van der Waals surface area contributed by atoms with Crippen LogP contribution in [0.2, 0.25) is 0 Å². The zero-order chi connectivity index (χ0) is 28.6. The van der Waals surface area contributed by atoms with Crippen LogP contribution < -0.4 is 19.6 Å². The summed E-state index contributed by atoms with van der Waals surface area (Å²) in [6, 6.07) is 14.6. The van der Waals surface area contributed by atoms with E-state index in [4.69, 9.17) is 13.9 Å². The Labute approximate surface area is 232 Å². The summed E-state index contributed by atoms with van der Waals surface area (Å²) >= 11 is 1.17. The van der Waals surface area contributed by atoms with E-state index in [2.05, 4.69) is 4.99 Å². The van der Waals surface area contributed by atoms with E-state index in [1.165, 1.54) is 22.0 Å². The van der Waals surface area contributed by atoms with E-state index in [9.17, 15) is 19.7 Å². The van der Waals surface area contributed by atoms with Gasteiger partial charge in [0.05, 0.1) is 40.5 Å². The van der Waals surface area contributed by atoms with Crippen molar-refractivity contribution in [2.45, 2.75) is 26.8 Å². The summed E-state index contributed by atoms with van der Waals surface area (Å²) < 4.78 is 18.5. The van der Waals surface area contributed by atoms with Crippen LogP contribution in [0.5, 0.6) is 5.75 Å². The van der Waals surface area contributed by atoms with Crippen molar-refractivity contribution in [3.05, 3.63) is 113 Å². The minimum absolute atomic E-state index is 0.00549. The average Bonchev–Trinajstić information content (AvgIpc) is 3.52. The third-order valence-electron chi connectivity index (χ3n) is 6.52. The van der Waals surface area contributed by atoms with Gasteiger partial charge >= 0.3 is 5.97 Å². The second kappa shape index (κ2) is 10.8. The molecule has 11 heteroatoms. The van der Waals surface area contributed by atoms with Crippen LogP contribution in [-0.2, 0) is 9.53 Å². The Kier molecular flexibility index (Phi) is 7.22. The molecule has 0 saturated heterocycles. The number of aromatic nitrogens is 1. The standard InChI is InChI=1S/C29H25N3O7S/c1-5-38-28(34)25-17(3)30-29-31(26(25)19-7-6-8-20(13-19)37-4)27(33)24(40-29)15-21-11-12-23(39-21)18-10-9-16(2)22(14-18)32(35)36/h6-15,26H,5H2,1-4H3/b24-15-. The molecule has 0 radical (unpaired) electrons. The Hall–Kier alpha value is -4.77. The van der Waals surface area contributed by atoms with Gasteiger partial charge in [-0.3, -0.25) is 19.5 Å². The van der Waals surface area contributed by atoms with E-state index < -0.39 is 16.9 Å². The van der Waals surface area contributed by atoms with Crippen molar-refractivity contribution in [1.82, 2.24) is 4.57 Å². The number of nitro groups is 1. The second-order valence-corrected chi connectivity index (χ2v) is 10.0. The Morgan fingerprint density at radius 2 is 2.00 bits per heavy atom. The normalized spacial score (nSPS) is 15.0.